The van der Waals surface area contributed by atoms with Gasteiger partial charge in [0.05, 0.1) is 18.2 Å². The standard InChI is InChI=1S/C20H39F3O.C8H6FNO/c21-20(22,23)18-16-14-12-10-8-6-4-2-1-3-5-7-9-11-13-15-17-19-24;9-8-2-6(4-10)1-7(3-8)5-11/h24H,1-19H2;1-3,11H,5H2. The molecular weight excluding hydrogens is 458 g/mol. The molecule has 0 spiro atoms. The lowest BCUT2D eigenvalue weighted by molar-refractivity contribution is -0.135. The first-order chi connectivity index (χ1) is 16.8. The van der Waals surface area contributed by atoms with Gasteiger partial charge in [0, 0.05) is 13.0 Å². The fourth-order valence-electron chi connectivity index (χ4n) is 3.90. The van der Waals surface area contributed by atoms with E-state index in [1.807, 2.05) is 0 Å². The van der Waals surface area contributed by atoms with Crippen LogP contribution in [-0.4, -0.2) is 23.0 Å². The molecule has 1 rings (SSSR count). The van der Waals surface area contributed by atoms with E-state index < -0.39 is 18.4 Å². The van der Waals surface area contributed by atoms with Gasteiger partial charge in [-0.1, -0.05) is 96.3 Å². The van der Waals surface area contributed by atoms with Gasteiger partial charge in [-0.05, 0) is 36.6 Å². The van der Waals surface area contributed by atoms with Crippen molar-refractivity contribution in [1.82, 2.24) is 0 Å². The van der Waals surface area contributed by atoms with Gasteiger partial charge in [0.2, 0.25) is 0 Å². The predicted octanol–water partition coefficient (Wildman–Crippen LogP) is 8.75. The van der Waals surface area contributed by atoms with E-state index in [0.29, 0.717) is 18.6 Å². The zero-order valence-corrected chi connectivity index (χ0v) is 21.2. The Morgan fingerprint density at radius 1 is 0.629 bits per heavy atom. The van der Waals surface area contributed by atoms with E-state index in [4.69, 9.17) is 15.5 Å². The molecule has 7 heteroatoms. The Morgan fingerprint density at radius 2 is 1.03 bits per heavy atom. The second kappa shape index (κ2) is 22.8. The van der Waals surface area contributed by atoms with Gasteiger partial charge in [-0.2, -0.15) is 18.4 Å². The topological polar surface area (TPSA) is 64.2 Å². The second-order valence-corrected chi connectivity index (χ2v) is 9.22. The maximum atomic E-state index is 12.5. The molecule has 3 nitrogen and oxygen atoms in total. The third-order valence-electron chi connectivity index (χ3n) is 5.89. The summed E-state index contributed by atoms with van der Waals surface area (Å²) in [6.07, 6.45) is 14.9. The second-order valence-electron chi connectivity index (χ2n) is 9.22. The van der Waals surface area contributed by atoms with Gasteiger partial charge in [-0.25, -0.2) is 4.39 Å². The minimum absolute atomic E-state index is 0.231. The summed E-state index contributed by atoms with van der Waals surface area (Å²) in [4.78, 5) is 0. The number of nitrogens with zero attached hydrogens (tertiary/aromatic N) is 1. The van der Waals surface area contributed by atoms with Gasteiger partial charge in [0.15, 0.2) is 0 Å². The highest BCUT2D eigenvalue weighted by atomic mass is 19.4. The Morgan fingerprint density at radius 3 is 1.37 bits per heavy atom. The SMILES string of the molecule is N#Cc1cc(F)cc(CO)c1.OCCCCCCCCCCCCCCCCCCCC(F)(F)F. The minimum Gasteiger partial charge on any atom is -0.396 e. The van der Waals surface area contributed by atoms with Gasteiger partial charge in [-0.15, -0.1) is 0 Å². The van der Waals surface area contributed by atoms with Crippen molar-refractivity contribution in [2.45, 2.75) is 128 Å². The fraction of sp³-hybridized carbons (Fsp3) is 0.750. The molecule has 202 valence electrons. The molecule has 0 bridgehead atoms. The maximum absolute atomic E-state index is 12.5. The number of hydrogen-bond donors (Lipinski definition) is 2. The van der Waals surface area contributed by atoms with Gasteiger partial charge < -0.3 is 10.2 Å². The summed E-state index contributed by atoms with van der Waals surface area (Å²) in [6.45, 7) is 0.0878. The molecule has 0 fully saturated rings. The third-order valence-corrected chi connectivity index (χ3v) is 5.89. The van der Waals surface area contributed by atoms with Crippen molar-refractivity contribution in [1.29, 1.82) is 5.26 Å². The highest BCUT2D eigenvalue weighted by Gasteiger charge is 2.25. The first kappa shape index (κ1) is 33.4. The highest BCUT2D eigenvalue weighted by molar-refractivity contribution is 5.33. The maximum Gasteiger partial charge on any atom is 0.389 e. The third kappa shape index (κ3) is 23.8. The molecule has 0 aliphatic carbocycles. The summed E-state index contributed by atoms with van der Waals surface area (Å²) >= 11 is 0. The highest BCUT2D eigenvalue weighted by Crippen LogP contribution is 2.23. The van der Waals surface area contributed by atoms with Crippen LogP contribution in [0.3, 0.4) is 0 Å². The normalized spacial score (nSPS) is 11.1. The average Bonchev–Trinajstić information content (AvgIpc) is 2.82. The van der Waals surface area contributed by atoms with Crippen molar-refractivity contribution in [3.8, 4) is 6.07 Å². The van der Waals surface area contributed by atoms with Crippen LogP contribution >= 0.6 is 0 Å². The lowest BCUT2D eigenvalue weighted by Gasteiger charge is -2.05. The first-order valence-electron chi connectivity index (χ1n) is 13.3. The summed E-state index contributed by atoms with van der Waals surface area (Å²) in [6, 6.07) is 5.56. The van der Waals surface area contributed by atoms with Crippen LogP contribution in [0.5, 0.6) is 0 Å². The first-order valence-corrected chi connectivity index (χ1v) is 13.3. The molecular formula is C28H45F4NO2. The molecule has 0 aliphatic rings. The number of aliphatic hydroxyl groups is 2. The molecule has 1 aromatic carbocycles. The molecule has 0 saturated heterocycles. The summed E-state index contributed by atoms with van der Waals surface area (Å²) < 4.78 is 48.4. The summed E-state index contributed by atoms with van der Waals surface area (Å²) in [5, 5.41) is 25.7. The van der Waals surface area contributed by atoms with Crippen molar-refractivity contribution in [3.63, 3.8) is 0 Å². The Kier molecular flexibility index (Phi) is 21.7. The van der Waals surface area contributed by atoms with Crippen LogP contribution in [0.1, 0.15) is 127 Å². The van der Waals surface area contributed by atoms with Gasteiger partial charge in [-0.3, -0.25) is 0 Å². The van der Waals surface area contributed by atoms with E-state index in [1.54, 1.807) is 6.07 Å². The number of alkyl halides is 3. The quantitative estimate of drug-likeness (QED) is 0.146. The fourth-order valence-corrected chi connectivity index (χ4v) is 3.90. The molecule has 0 aliphatic heterocycles. The van der Waals surface area contributed by atoms with E-state index in [9.17, 15) is 17.6 Å². The molecule has 0 heterocycles. The van der Waals surface area contributed by atoms with Crippen molar-refractivity contribution in [2.24, 2.45) is 0 Å². The lowest BCUT2D eigenvalue weighted by Crippen LogP contribution is -2.06. The molecule has 0 saturated carbocycles. The molecule has 0 atom stereocenters. The van der Waals surface area contributed by atoms with Crippen molar-refractivity contribution >= 4 is 0 Å². The average molecular weight is 504 g/mol. The van der Waals surface area contributed by atoms with Crippen LogP contribution in [0.4, 0.5) is 17.6 Å². The Labute approximate surface area is 209 Å². The molecule has 0 amide bonds. The van der Waals surface area contributed by atoms with Crippen LogP contribution in [0, 0.1) is 17.1 Å². The molecule has 2 N–H and O–H groups in total. The van der Waals surface area contributed by atoms with E-state index in [0.717, 1.165) is 31.7 Å². The zero-order chi connectivity index (χ0) is 26.2. The smallest absolute Gasteiger partial charge is 0.389 e. The van der Waals surface area contributed by atoms with Crippen LogP contribution in [0.2, 0.25) is 0 Å². The van der Waals surface area contributed by atoms with E-state index >= 15 is 0 Å². The lowest BCUT2D eigenvalue weighted by atomic mass is 10.0. The van der Waals surface area contributed by atoms with Crippen LogP contribution in [0.15, 0.2) is 18.2 Å². The summed E-state index contributed by atoms with van der Waals surface area (Å²) in [5.74, 6) is -0.492. The minimum atomic E-state index is -3.97. The van der Waals surface area contributed by atoms with Gasteiger partial charge in [0.25, 0.3) is 0 Å². The molecule has 0 aromatic heterocycles. The number of nitriles is 1. The van der Waals surface area contributed by atoms with Crippen LogP contribution in [-0.2, 0) is 6.61 Å². The summed E-state index contributed by atoms with van der Waals surface area (Å²) in [7, 11) is 0. The van der Waals surface area contributed by atoms with Gasteiger partial charge in [0.1, 0.15) is 5.82 Å². The largest absolute Gasteiger partial charge is 0.396 e. The van der Waals surface area contributed by atoms with Crippen LogP contribution in [0.25, 0.3) is 0 Å². The van der Waals surface area contributed by atoms with Gasteiger partial charge >= 0.3 is 6.18 Å². The number of benzene rings is 1. The van der Waals surface area contributed by atoms with E-state index in [-0.39, 0.29) is 12.2 Å². The van der Waals surface area contributed by atoms with Crippen LogP contribution < -0.4 is 0 Å². The Bertz CT molecular complexity index is 659. The molecule has 35 heavy (non-hydrogen) atoms. The van der Waals surface area contributed by atoms with Crippen molar-refractivity contribution in [2.75, 3.05) is 6.61 Å². The Hall–Kier alpha value is -1.65. The number of hydrogen-bond acceptors (Lipinski definition) is 3. The molecule has 1 aromatic rings. The molecule has 0 radical (unpaired) electrons. The Balaban J connectivity index is 0.000000867. The number of halogens is 4. The number of rotatable bonds is 19. The number of aliphatic hydroxyl groups excluding tert-OH is 2. The van der Waals surface area contributed by atoms with Crippen molar-refractivity contribution in [3.05, 3.63) is 35.1 Å². The van der Waals surface area contributed by atoms with E-state index in [1.165, 1.54) is 89.2 Å². The van der Waals surface area contributed by atoms with E-state index in [2.05, 4.69) is 0 Å². The predicted molar refractivity (Wildman–Crippen MR) is 133 cm³/mol. The molecule has 0 unspecified atom stereocenters. The zero-order valence-electron chi connectivity index (χ0n) is 21.2. The number of unbranched alkanes of at least 4 members (excludes halogenated alkanes) is 16. The van der Waals surface area contributed by atoms with Crippen molar-refractivity contribution < 1.29 is 27.8 Å². The monoisotopic (exact) mass is 503 g/mol. The summed E-state index contributed by atoms with van der Waals surface area (Å²) in [5.41, 5.74) is 0.649.